The zero-order valence-electron chi connectivity index (χ0n) is 10.8. The summed E-state index contributed by atoms with van der Waals surface area (Å²) in [6.45, 7) is 4.80. The lowest BCUT2D eigenvalue weighted by Gasteiger charge is -2.03. The minimum absolute atomic E-state index is 0.160. The van der Waals surface area contributed by atoms with Gasteiger partial charge in [-0.2, -0.15) is 0 Å². The fourth-order valence-electron chi connectivity index (χ4n) is 1.65. The second kappa shape index (κ2) is 8.23. The normalized spacial score (nSPS) is 10.5. The van der Waals surface area contributed by atoms with Crippen LogP contribution in [-0.2, 0) is 11.3 Å². The smallest absolute Gasteiger partial charge is 0.220 e. The molecule has 3 nitrogen and oxygen atoms in total. The zero-order valence-corrected chi connectivity index (χ0v) is 11.6. The van der Waals surface area contributed by atoms with E-state index in [1.807, 2.05) is 13.1 Å². The monoisotopic (exact) mass is 254 g/mol. The molecule has 96 valence electrons. The maximum Gasteiger partial charge on any atom is 0.220 e. The summed E-state index contributed by atoms with van der Waals surface area (Å²) in [4.78, 5) is 16.8. The van der Waals surface area contributed by atoms with E-state index in [4.69, 9.17) is 0 Å². The molecule has 1 N–H and O–H groups in total. The first kappa shape index (κ1) is 14.2. The van der Waals surface area contributed by atoms with Gasteiger partial charge in [0.2, 0.25) is 5.91 Å². The van der Waals surface area contributed by atoms with E-state index < -0.39 is 0 Å². The Kier molecular flexibility index (Phi) is 6.86. The summed E-state index contributed by atoms with van der Waals surface area (Å²) in [6, 6.07) is 0. The molecule has 0 saturated carbocycles. The summed E-state index contributed by atoms with van der Waals surface area (Å²) in [5.41, 5.74) is 0. The van der Waals surface area contributed by atoms with Crippen LogP contribution in [0.4, 0.5) is 0 Å². The van der Waals surface area contributed by atoms with Gasteiger partial charge in [0.15, 0.2) is 0 Å². The number of thiazole rings is 1. The summed E-state index contributed by atoms with van der Waals surface area (Å²) < 4.78 is 0. The highest BCUT2D eigenvalue weighted by atomic mass is 32.1. The van der Waals surface area contributed by atoms with E-state index in [9.17, 15) is 4.79 Å². The van der Waals surface area contributed by atoms with Crippen LogP contribution >= 0.6 is 11.3 Å². The van der Waals surface area contributed by atoms with E-state index in [-0.39, 0.29) is 5.91 Å². The molecule has 0 atom stereocenters. The van der Waals surface area contributed by atoms with Crippen LogP contribution in [0.2, 0.25) is 0 Å². The zero-order chi connectivity index (χ0) is 12.5. The molecule has 0 saturated heterocycles. The van der Waals surface area contributed by atoms with Crippen LogP contribution in [-0.4, -0.2) is 10.9 Å². The molecule has 0 aliphatic rings. The summed E-state index contributed by atoms with van der Waals surface area (Å²) in [5, 5.41) is 3.98. The van der Waals surface area contributed by atoms with E-state index >= 15 is 0 Å². The fourth-order valence-corrected chi connectivity index (χ4v) is 2.38. The largest absolute Gasteiger partial charge is 0.351 e. The van der Waals surface area contributed by atoms with E-state index in [0.717, 1.165) is 16.3 Å². The number of amides is 1. The molecule has 0 bridgehead atoms. The lowest BCUT2D eigenvalue weighted by molar-refractivity contribution is -0.121. The number of rotatable bonds is 8. The Hall–Kier alpha value is -0.900. The van der Waals surface area contributed by atoms with E-state index in [1.54, 1.807) is 11.3 Å². The average Bonchev–Trinajstić information content (AvgIpc) is 2.72. The predicted octanol–water partition coefficient (Wildman–Crippen LogP) is 3.43. The van der Waals surface area contributed by atoms with Crippen molar-refractivity contribution >= 4 is 17.2 Å². The third kappa shape index (κ3) is 6.41. The van der Waals surface area contributed by atoms with Gasteiger partial charge < -0.3 is 5.32 Å². The van der Waals surface area contributed by atoms with Gasteiger partial charge in [0.1, 0.15) is 0 Å². The van der Waals surface area contributed by atoms with Gasteiger partial charge in [-0.25, -0.2) is 4.98 Å². The van der Waals surface area contributed by atoms with Crippen molar-refractivity contribution in [1.82, 2.24) is 10.3 Å². The molecule has 0 unspecified atom stereocenters. The summed E-state index contributed by atoms with van der Waals surface area (Å²) in [6.07, 6.45) is 8.44. The minimum atomic E-state index is 0.160. The second-order valence-electron chi connectivity index (χ2n) is 4.29. The summed E-state index contributed by atoms with van der Waals surface area (Å²) in [7, 11) is 0. The highest BCUT2D eigenvalue weighted by molar-refractivity contribution is 7.11. The Morgan fingerprint density at radius 1 is 1.35 bits per heavy atom. The van der Waals surface area contributed by atoms with Crippen LogP contribution < -0.4 is 5.32 Å². The lowest BCUT2D eigenvalue weighted by Crippen LogP contribution is -2.21. The van der Waals surface area contributed by atoms with Crippen LogP contribution in [0.3, 0.4) is 0 Å². The number of hydrogen-bond donors (Lipinski definition) is 1. The molecule has 0 aliphatic heterocycles. The topological polar surface area (TPSA) is 42.0 Å². The first-order valence-corrected chi connectivity index (χ1v) is 7.22. The molecule has 1 heterocycles. The summed E-state index contributed by atoms with van der Waals surface area (Å²) in [5.74, 6) is 0.160. The van der Waals surface area contributed by atoms with Gasteiger partial charge in [-0.1, -0.05) is 32.6 Å². The SMILES string of the molecule is CCCCCCCC(=O)NCc1cnc(C)s1. The quantitative estimate of drug-likeness (QED) is 0.722. The van der Waals surface area contributed by atoms with Crippen LogP contribution in [0, 0.1) is 6.92 Å². The standard InChI is InChI=1S/C13H22N2OS/c1-3-4-5-6-7-8-13(16)15-10-12-9-14-11(2)17-12/h9H,3-8,10H2,1-2H3,(H,15,16). The lowest BCUT2D eigenvalue weighted by atomic mass is 10.1. The number of aryl methyl sites for hydroxylation is 1. The molecule has 1 amide bonds. The van der Waals surface area contributed by atoms with Gasteiger partial charge in [-0.3, -0.25) is 4.79 Å². The molecule has 0 radical (unpaired) electrons. The minimum Gasteiger partial charge on any atom is -0.351 e. The molecule has 1 aromatic rings. The first-order chi connectivity index (χ1) is 8.22. The third-order valence-electron chi connectivity index (χ3n) is 2.64. The van der Waals surface area contributed by atoms with Crippen molar-refractivity contribution in [3.8, 4) is 0 Å². The van der Waals surface area contributed by atoms with Crippen molar-refractivity contribution in [1.29, 1.82) is 0 Å². The number of unbranched alkanes of at least 4 members (excludes halogenated alkanes) is 4. The van der Waals surface area contributed by atoms with Gasteiger partial charge in [-0.15, -0.1) is 11.3 Å². The number of nitrogens with zero attached hydrogens (tertiary/aromatic N) is 1. The third-order valence-corrected chi connectivity index (χ3v) is 3.55. The van der Waals surface area contributed by atoms with Crippen molar-refractivity contribution in [2.24, 2.45) is 0 Å². The van der Waals surface area contributed by atoms with Crippen molar-refractivity contribution in [2.75, 3.05) is 0 Å². The van der Waals surface area contributed by atoms with Gasteiger partial charge in [0.25, 0.3) is 0 Å². The molecule has 1 rings (SSSR count). The van der Waals surface area contributed by atoms with Crippen LogP contribution in [0.5, 0.6) is 0 Å². The maximum atomic E-state index is 11.5. The Morgan fingerprint density at radius 3 is 2.76 bits per heavy atom. The number of carbonyl (C=O) groups is 1. The van der Waals surface area contributed by atoms with Crippen LogP contribution in [0.15, 0.2) is 6.20 Å². The molecule has 4 heteroatoms. The summed E-state index contributed by atoms with van der Waals surface area (Å²) >= 11 is 1.64. The van der Waals surface area contributed by atoms with Gasteiger partial charge in [0, 0.05) is 17.5 Å². The van der Waals surface area contributed by atoms with Crippen molar-refractivity contribution in [2.45, 2.75) is 58.9 Å². The molecule has 0 fully saturated rings. The number of carbonyl (C=O) groups excluding carboxylic acids is 1. The Balaban J connectivity index is 2.05. The first-order valence-electron chi connectivity index (χ1n) is 6.40. The predicted molar refractivity (Wildman–Crippen MR) is 72.1 cm³/mol. The second-order valence-corrected chi connectivity index (χ2v) is 5.61. The number of aromatic nitrogens is 1. The van der Waals surface area contributed by atoms with Gasteiger partial charge in [-0.05, 0) is 13.3 Å². The molecule has 0 aliphatic carbocycles. The van der Waals surface area contributed by atoms with Crippen molar-refractivity contribution in [3.05, 3.63) is 16.1 Å². The molecule has 0 aromatic carbocycles. The molecular weight excluding hydrogens is 232 g/mol. The average molecular weight is 254 g/mol. The van der Waals surface area contributed by atoms with Crippen molar-refractivity contribution < 1.29 is 4.79 Å². The van der Waals surface area contributed by atoms with E-state index in [0.29, 0.717) is 13.0 Å². The number of hydrogen-bond acceptors (Lipinski definition) is 3. The Bertz CT molecular complexity index is 336. The fraction of sp³-hybridized carbons (Fsp3) is 0.692. The molecule has 0 spiro atoms. The Labute approximate surface area is 108 Å². The van der Waals surface area contributed by atoms with Crippen LogP contribution in [0.1, 0.15) is 55.3 Å². The van der Waals surface area contributed by atoms with Gasteiger partial charge in [0.05, 0.1) is 11.6 Å². The van der Waals surface area contributed by atoms with E-state index in [1.165, 1.54) is 25.7 Å². The van der Waals surface area contributed by atoms with E-state index in [2.05, 4.69) is 17.2 Å². The highest BCUT2D eigenvalue weighted by Gasteiger charge is 2.02. The molecule has 1 aromatic heterocycles. The Morgan fingerprint density at radius 2 is 2.12 bits per heavy atom. The highest BCUT2D eigenvalue weighted by Crippen LogP contribution is 2.11. The number of nitrogens with one attached hydrogen (secondary N) is 1. The molecular formula is C13H22N2OS. The molecule has 17 heavy (non-hydrogen) atoms. The van der Waals surface area contributed by atoms with Crippen LogP contribution in [0.25, 0.3) is 0 Å². The van der Waals surface area contributed by atoms with Crippen molar-refractivity contribution in [3.63, 3.8) is 0 Å². The maximum absolute atomic E-state index is 11.5. The van der Waals surface area contributed by atoms with Gasteiger partial charge >= 0.3 is 0 Å².